The molecule has 0 saturated carbocycles. The Bertz CT molecular complexity index is 855. The molecule has 0 saturated heterocycles. The summed E-state index contributed by atoms with van der Waals surface area (Å²) in [5, 5.41) is 34.0. The normalized spacial score (nSPS) is 11.7. The van der Waals surface area contributed by atoms with E-state index in [0.29, 0.717) is 25.8 Å². The molecule has 0 spiro atoms. The summed E-state index contributed by atoms with van der Waals surface area (Å²) in [6, 6.07) is 7.30. The molecule has 0 aliphatic carbocycles. The van der Waals surface area contributed by atoms with E-state index >= 15 is 0 Å². The second-order valence-electron chi connectivity index (χ2n) is 6.47. The summed E-state index contributed by atoms with van der Waals surface area (Å²) >= 11 is 0. The van der Waals surface area contributed by atoms with Crippen LogP contribution in [0.25, 0.3) is 0 Å². The Kier molecular flexibility index (Phi) is 7.79. The lowest BCUT2D eigenvalue weighted by Gasteiger charge is -2.17. The molecule has 0 aromatic heterocycles. The zero-order valence-corrected chi connectivity index (χ0v) is 15.7. The number of aromatic hydroxyl groups is 3. The van der Waals surface area contributed by atoms with Gasteiger partial charge in [-0.3, -0.25) is 9.59 Å². The molecular formula is C20H24FN3O5. The lowest BCUT2D eigenvalue weighted by atomic mass is 10.1. The molecule has 2 aromatic rings. The third kappa shape index (κ3) is 5.82. The van der Waals surface area contributed by atoms with Crippen molar-refractivity contribution in [3.05, 3.63) is 53.3 Å². The second kappa shape index (κ2) is 10.3. The third-order valence-corrected chi connectivity index (χ3v) is 4.36. The number of nitrogens with two attached hydrogens (primary N) is 1. The van der Waals surface area contributed by atoms with E-state index in [1.54, 1.807) is 0 Å². The van der Waals surface area contributed by atoms with Crippen molar-refractivity contribution in [2.75, 3.05) is 13.1 Å². The van der Waals surface area contributed by atoms with Crippen LogP contribution in [0.4, 0.5) is 4.39 Å². The van der Waals surface area contributed by atoms with E-state index in [9.17, 15) is 29.3 Å². The minimum atomic E-state index is -0.823. The summed E-state index contributed by atoms with van der Waals surface area (Å²) in [6.45, 7) is 0.442. The number of carbonyl (C=O) groups is 2. The molecule has 0 aliphatic heterocycles. The molecule has 0 aliphatic rings. The van der Waals surface area contributed by atoms with E-state index in [-0.39, 0.29) is 17.9 Å². The fourth-order valence-corrected chi connectivity index (χ4v) is 2.77. The maximum atomic E-state index is 13.8. The number of benzene rings is 2. The predicted octanol–water partition coefficient (Wildman–Crippen LogP) is 1.60. The number of carbonyl (C=O) groups excluding carboxylic acids is 2. The Morgan fingerprint density at radius 2 is 1.69 bits per heavy atom. The first-order chi connectivity index (χ1) is 13.8. The van der Waals surface area contributed by atoms with Crippen LogP contribution in [0, 0.1) is 5.82 Å². The van der Waals surface area contributed by atoms with Crippen LogP contribution in [0.1, 0.15) is 40.0 Å². The quantitative estimate of drug-likeness (QED) is 0.276. The number of phenols is 3. The smallest absolute Gasteiger partial charge is 0.258 e. The molecule has 0 heterocycles. The first-order valence-corrected chi connectivity index (χ1v) is 9.12. The SMILES string of the molecule is NC[C@H](CCCCNC(=O)c1cccc(O)c1O)NC(=O)c1c(O)cccc1F. The summed E-state index contributed by atoms with van der Waals surface area (Å²) in [6.07, 6.45) is 1.67. The first kappa shape index (κ1) is 22.0. The van der Waals surface area contributed by atoms with E-state index in [1.807, 2.05) is 0 Å². The van der Waals surface area contributed by atoms with Crippen LogP contribution < -0.4 is 16.4 Å². The van der Waals surface area contributed by atoms with Crippen molar-refractivity contribution in [3.8, 4) is 17.2 Å². The highest BCUT2D eigenvalue weighted by molar-refractivity contribution is 5.98. The van der Waals surface area contributed by atoms with Crippen molar-refractivity contribution in [1.29, 1.82) is 0 Å². The van der Waals surface area contributed by atoms with Gasteiger partial charge in [0.1, 0.15) is 17.1 Å². The zero-order chi connectivity index (χ0) is 21.4. The number of hydrogen-bond acceptors (Lipinski definition) is 6. The summed E-state index contributed by atoms with van der Waals surface area (Å²) in [5.41, 5.74) is 5.20. The summed E-state index contributed by atoms with van der Waals surface area (Å²) in [4.78, 5) is 24.2. The van der Waals surface area contributed by atoms with Gasteiger partial charge in [0.05, 0.1) is 5.56 Å². The Morgan fingerprint density at radius 1 is 1.00 bits per heavy atom. The van der Waals surface area contributed by atoms with Gasteiger partial charge < -0.3 is 31.7 Å². The number of rotatable bonds is 9. The molecule has 8 nitrogen and oxygen atoms in total. The molecule has 2 aromatic carbocycles. The van der Waals surface area contributed by atoms with Gasteiger partial charge >= 0.3 is 0 Å². The maximum Gasteiger partial charge on any atom is 0.258 e. The van der Waals surface area contributed by atoms with Gasteiger partial charge in [0.2, 0.25) is 0 Å². The molecule has 9 heteroatoms. The standard InChI is InChI=1S/C20H24FN3O5/c21-14-7-4-8-15(25)17(14)20(29)24-12(11-22)5-1-2-10-23-19(28)13-6-3-9-16(26)18(13)27/h3-4,6-9,12,25-27H,1-2,5,10-11,22H2,(H,23,28)(H,24,29)/t12-/m0/s1. The van der Waals surface area contributed by atoms with Gasteiger partial charge in [0, 0.05) is 19.1 Å². The molecule has 0 unspecified atom stereocenters. The van der Waals surface area contributed by atoms with Crippen LogP contribution in [-0.2, 0) is 0 Å². The maximum absolute atomic E-state index is 13.8. The van der Waals surface area contributed by atoms with Crippen LogP contribution in [0.15, 0.2) is 36.4 Å². The largest absolute Gasteiger partial charge is 0.507 e. The van der Waals surface area contributed by atoms with Gasteiger partial charge in [0.15, 0.2) is 11.5 Å². The van der Waals surface area contributed by atoms with E-state index in [4.69, 9.17) is 5.73 Å². The van der Waals surface area contributed by atoms with Crippen LogP contribution in [-0.4, -0.2) is 46.3 Å². The Morgan fingerprint density at radius 3 is 2.38 bits per heavy atom. The number of amides is 2. The van der Waals surface area contributed by atoms with Crippen LogP contribution >= 0.6 is 0 Å². The van der Waals surface area contributed by atoms with Crippen LogP contribution in [0.5, 0.6) is 17.2 Å². The predicted molar refractivity (Wildman–Crippen MR) is 104 cm³/mol. The highest BCUT2D eigenvalue weighted by Crippen LogP contribution is 2.27. The lowest BCUT2D eigenvalue weighted by molar-refractivity contribution is 0.0927. The minimum absolute atomic E-state index is 0.0261. The van der Waals surface area contributed by atoms with Gasteiger partial charge in [-0.05, 0) is 43.5 Å². The fourth-order valence-electron chi connectivity index (χ4n) is 2.77. The number of nitrogens with one attached hydrogen (secondary N) is 2. The number of halogens is 1. The molecule has 1 atom stereocenters. The molecule has 29 heavy (non-hydrogen) atoms. The van der Waals surface area contributed by atoms with Crippen LogP contribution in [0.3, 0.4) is 0 Å². The molecule has 0 radical (unpaired) electrons. The average molecular weight is 405 g/mol. The highest BCUT2D eigenvalue weighted by atomic mass is 19.1. The summed E-state index contributed by atoms with van der Waals surface area (Å²) in [7, 11) is 0. The molecule has 7 N–H and O–H groups in total. The molecule has 0 bridgehead atoms. The number of hydrogen-bond donors (Lipinski definition) is 6. The van der Waals surface area contributed by atoms with Gasteiger partial charge in [-0.15, -0.1) is 0 Å². The molecule has 0 fully saturated rings. The van der Waals surface area contributed by atoms with Crippen molar-refractivity contribution in [2.45, 2.75) is 25.3 Å². The zero-order valence-electron chi connectivity index (χ0n) is 15.7. The van der Waals surface area contributed by atoms with E-state index < -0.39 is 40.7 Å². The van der Waals surface area contributed by atoms with E-state index in [0.717, 1.165) is 6.07 Å². The monoisotopic (exact) mass is 405 g/mol. The topological polar surface area (TPSA) is 145 Å². The van der Waals surface area contributed by atoms with Gasteiger partial charge in [-0.1, -0.05) is 12.1 Å². The Hall–Kier alpha value is -3.33. The molecule has 2 rings (SSSR count). The number of phenolic OH excluding ortho intramolecular Hbond substituents is 3. The van der Waals surface area contributed by atoms with Gasteiger partial charge in [0.25, 0.3) is 11.8 Å². The fraction of sp³-hybridized carbons (Fsp3) is 0.300. The molecule has 156 valence electrons. The highest BCUT2D eigenvalue weighted by Gasteiger charge is 2.19. The van der Waals surface area contributed by atoms with E-state index in [2.05, 4.69) is 10.6 Å². The van der Waals surface area contributed by atoms with Crippen molar-refractivity contribution in [1.82, 2.24) is 10.6 Å². The first-order valence-electron chi connectivity index (χ1n) is 9.12. The third-order valence-electron chi connectivity index (χ3n) is 4.36. The van der Waals surface area contributed by atoms with Gasteiger partial charge in [-0.25, -0.2) is 4.39 Å². The Labute approximate surface area is 167 Å². The lowest BCUT2D eigenvalue weighted by Crippen LogP contribution is -2.40. The van der Waals surface area contributed by atoms with Crippen molar-refractivity contribution in [3.63, 3.8) is 0 Å². The Balaban J connectivity index is 1.78. The van der Waals surface area contributed by atoms with Crippen molar-refractivity contribution in [2.24, 2.45) is 5.73 Å². The number of unbranched alkanes of at least 4 members (excludes halogenated alkanes) is 1. The van der Waals surface area contributed by atoms with Crippen molar-refractivity contribution >= 4 is 11.8 Å². The summed E-state index contributed by atoms with van der Waals surface area (Å²) < 4.78 is 13.8. The molecular weight excluding hydrogens is 381 g/mol. The minimum Gasteiger partial charge on any atom is -0.507 e. The number of para-hydroxylation sites is 1. The summed E-state index contributed by atoms with van der Waals surface area (Å²) in [5.74, 6) is -3.39. The van der Waals surface area contributed by atoms with Gasteiger partial charge in [-0.2, -0.15) is 0 Å². The van der Waals surface area contributed by atoms with Crippen molar-refractivity contribution < 1.29 is 29.3 Å². The average Bonchev–Trinajstić information content (AvgIpc) is 2.68. The second-order valence-corrected chi connectivity index (χ2v) is 6.47. The van der Waals surface area contributed by atoms with E-state index in [1.165, 1.54) is 30.3 Å². The van der Waals surface area contributed by atoms with Crippen LogP contribution in [0.2, 0.25) is 0 Å². The molecule has 2 amide bonds.